The maximum atomic E-state index is 13.7. The summed E-state index contributed by atoms with van der Waals surface area (Å²) in [5.41, 5.74) is 7.50. The van der Waals surface area contributed by atoms with E-state index in [0.29, 0.717) is 6.54 Å². The van der Waals surface area contributed by atoms with E-state index in [1.165, 1.54) is 5.56 Å². The third-order valence-electron chi connectivity index (χ3n) is 6.09. The Morgan fingerprint density at radius 2 is 1.55 bits per heavy atom. The van der Waals surface area contributed by atoms with Crippen LogP contribution < -0.4 is 5.32 Å². The Hall–Kier alpha value is -3.79. The Balaban J connectivity index is 1.66. The number of aromatic nitrogens is 1. The summed E-state index contributed by atoms with van der Waals surface area (Å²) in [4.78, 5) is 15.7. The molecular formula is C27H25N3O. The summed E-state index contributed by atoms with van der Waals surface area (Å²) in [6.45, 7) is 4.64. The van der Waals surface area contributed by atoms with Gasteiger partial charge in [-0.15, -0.1) is 0 Å². The van der Waals surface area contributed by atoms with Crippen LogP contribution in [0.3, 0.4) is 0 Å². The molecule has 4 aromatic rings. The van der Waals surface area contributed by atoms with Crippen molar-refractivity contribution in [2.45, 2.75) is 26.4 Å². The van der Waals surface area contributed by atoms with E-state index in [4.69, 9.17) is 0 Å². The van der Waals surface area contributed by atoms with Crippen LogP contribution in [-0.2, 0) is 6.54 Å². The molecule has 3 aromatic carbocycles. The second-order valence-corrected chi connectivity index (χ2v) is 8.06. The number of rotatable bonds is 2. The van der Waals surface area contributed by atoms with Crippen molar-refractivity contribution >= 4 is 11.7 Å². The van der Waals surface area contributed by atoms with Crippen molar-refractivity contribution in [3.8, 4) is 5.69 Å². The van der Waals surface area contributed by atoms with Crippen molar-refractivity contribution in [2.75, 3.05) is 5.32 Å². The number of benzene rings is 3. The molecule has 0 bridgehead atoms. The lowest BCUT2D eigenvalue weighted by molar-refractivity contribution is 0.194. The van der Waals surface area contributed by atoms with Gasteiger partial charge in [0.2, 0.25) is 0 Å². The van der Waals surface area contributed by atoms with Crippen LogP contribution in [0.4, 0.5) is 10.5 Å². The number of nitrogens with zero attached hydrogens (tertiary/aromatic N) is 2. The first-order valence-electron chi connectivity index (χ1n) is 10.6. The molecule has 0 fully saturated rings. The minimum atomic E-state index is -0.201. The third-order valence-corrected chi connectivity index (χ3v) is 6.09. The summed E-state index contributed by atoms with van der Waals surface area (Å²) < 4.78 is 2.22. The van der Waals surface area contributed by atoms with E-state index in [2.05, 4.69) is 65.5 Å². The molecule has 154 valence electrons. The number of hydrogen-bond acceptors (Lipinski definition) is 1. The molecule has 5 rings (SSSR count). The Morgan fingerprint density at radius 3 is 2.35 bits per heavy atom. The summed E-state index contributed by atoms with van der Waals surface area (Å²) in [6, 6.07) is 28.4. The van der Waals surface area contributed by atoms with Crippen LogP contribution in [0.2, 0.25) is 0 Å². The molecule has 4 heteroatoms. The highest BCUT2D eigenvalue weighted by atomic mass is 16.2. The SMILES string of the molecule is Cc1ccccc1NC(=O)N1Cc2ccccc2-n2cccc2[C@H]1c1ccccc1C. The predicted octanol–water partition coefficient (Wildman–Crippen LogP) is 6.23. The van der Waals surface area contributed by atoms with Crippen molar-refractivity contribution in [2.24, 2.45) is 0 Å². The molecule has 1 aliphatic heterocycles. The number of carbonyl (C=O) groups is 1. The molecule has 0 radical (unpaired) electrons. The highest BCUT2D eigenvalue weighted by Crippen LogP contribution is 2.38. The zero-order valence-electron chi connectivity index (χ0n) is 17.7. The van der Waals surface area contributed by atoms with Crippen molar-refractivity contribution in [1.82, 2.24) is 9.47 Å². The lowest BCUT2D eigenvalue weighted by atomic mass is 9.97. The Kier molecular flexibility index (Phi) is 4.83. The van der Waals surface area contributed by atoms with Gasteiger partial charge in [-0.3, -0.25) is 0 Å². The van der Waals surface area contributed by atoms with Gasteiger partial charge in [0.1, 0.15) is 6.04 Å². The van der Waals surface area contributed by atoms with E-state index < -0.39 is 0 Å². The number of hydrogen-bond donors (Lipinski definition) is 1. The van der Waals surface area contributed by atoms with Gasteiger partial charge in [0.15, 0.2) is 0 Å². The van der Waals surface area contributed by atoms with E-state index in [0.717, 1.165) is 33.8 Å². The first-order valence-corrected chi connectivity index (χ1v) is 10.6. The van der Waals surface area contributed by atoms with Crippen LogP contribution >= 0.6 is 0 Å². The van der Waals surface area contributed by atoms with Crippen LogP contribution in [0, 0.1) is 13.8 Å². The maximum Gasteiger partial charge on any atom is 0.322 e. The Bertz CT molecular complexity index is 1260. The monoisotopic (exact) mass is 407 g/mol. The number of amides is 2. The zero-order chi connectivity index (χ0) is 21.4. The Morgan fingerprint density at radius 1 is 0.839 bits per heavy atom. The molecule has 1 atom stereocenters. The van der Waals surface area contributed by atoms with Crippen molar-refractivity contribution in [1.29, 1.82) is 0 Å². The average Bonchev–Trinajstić information content (AvgIpc) is 3.21. The van der Waals surface area contributed by atoms with Crippen LogP contribution in [0.5, 0.6) is 0 Å². The van der Waals surface area contributed by atoms with Gasteiger partial charge >= 0.3 is 6.03 Å². The summed E-state index contributed by atoms with van der Waals surface area (Å²) in [5.74, 6) is 0. The number of fused-ring (bicyclic) bond motifs is 3. The Labute approximate surface area is 182 Å². The highest BCUT2D eigenvalue weighted by molar-refractivity contribution is 5.91. The molecule has 1 N–H and O–H groups in total. The van der Waals surface area contributed by atoms with Crippen LogP contribution in [0.25, 0.3) is 5.69 Å². The molecule has 1 aliphatic rings. The molecule has 0 aliphatic carbocycles. The standard InChI is InChI=1S/C27H25N3O/c1-19-10-3-6-13-22(19)26-25-16-9-17-29(25)24-15-8-5-12-21(24)18-30(26)27(31)28-23-14-7-4-11-20(23)2/h3-17,26H,18H2,1-2H3,(H,28,31)/t26-/m1/s1. The second kappa shape index (κ2) is 7.80. The fourth-order valence-corrected chi connectivity index (χ4v) is 4.46. The lowest BCUT2D eigenvalue weighted by Crippen LogP contribution is -2.38. The minimum Gasteiger partial charge on any atom is -0.318 e. The van der Waals surface area contributed by atoms with E-state index in [-0.39, 0.29) is 12.1 Å². The van der Waals surface area contributed by atoms with Gasteiger partial charge in [-0.2, -0.15) is 0 Å². The minimum absolute atomic E-state index is 0.105. The summed E-state index contributed by atoms with van der Waals surface area (Å²) in [5, 5.41) is 3.16. The van der Waals surface area contributed by atoms with Gasteiger partial charge in [-0.25, -0.2) is 4.79 Å². The number of carbonyl (C=O) groups excluding carboxylic acids is 1. The average molecular weight is 408 g/mol. The maximum absolute atomic E-state index is 13.7. The predicted molar refractivity (Wildman–Crippen MR) is 125 cm³/mol. The molecule has 4 nitrogen and oxygen atoms in total. The van der Waals surface area contributed by atoms with Crippen molar-refractivity contribution in [3.05, 3.63) is 119 Å². The van der Waals surface area contributed by atoms with Gasteiger partial charge in [-0.1, -0.05) is 60.7 Å². The molecule has 1 aromatic heterocycles. The summed E-state index contributed by atoms with van der Waals surface area (Å²) in [6.07, 6.45) is 2.09. The van der Waals surface area contributed by atoms with E-state index in [9.17, 15) is 4.79 Å². The van der Waals surface area contributed by atoms with Gasteiger partial charge in [-0.05, 0) is 60.4 Å². The molecular weight excluding hydrogens is 382 g/mol. The third kappa shape index (κ3) is 3.40. The molecule has 0 spiro atoms. The normalized spacial score (nSPS) is 15.0. The molecule has 31 heavy (non-hydrogen) atoms. The molecule has 2 heterocycles. The summed E-state index contributed by atoms with van der Waals surface area (Å²) >= 11 is 0. The lowest BCUT2D eigenvalue weighted by Gasteiger charge is -2.32. The zero-order valence-corrected chi connectivity index (χ0v) is 17.7. The second-order valence-electron chi connectivity index (χ2n) is 8.06. The van der Waals surface area contributed by atoms with Gasteiger partial charge in [0, 0.05) is 17.6 Å². The topological polar surface area (TPSA) is 37.3 Å². The fraction of sp³-hybridized carbons (Fsp3) is 0.148. The van der Waals surface area contributed by atoms with Crippen molar-refractivity contribution < 1.29 is 4.79 Å². The van der Waals surface area contributed by atoms with E-state index in [1.54, 1.807) is 0 Å². The van der Waals surface area contributed by atoms with Crippen LogP contribution in [-0.4, -0.2) is 15.5 Å². The van der Waals surface area contributed by atoms with E-state index >= 15 is 0 Å². The number of nitrogens with one attached hydrogen (secondary N) is 1. The quantitative estimate of drug-likeness (QED) is 0.420. The first kappa shape index (κ1) is 19.2. The number of aryl methyl sites for hydroxylation is 2. The van der Waals surface area contributed by atoms with Gasteiger partial charge in [0.25, 0.3) is 0 Å². The first-order chi connectivity index (χ1) is 15.1. The smallest absolute Gasteiger partial charge is 0.318 e. The molecule has 2 amide bonds. The number of para-hydroxylation sites is 2. The van der Waals surface area contributed by atoms with Gasteiger partial charge < -0.3 is 14.8 Å². The molecule has 0 unspecified atom stereocenters. The van der Waals surface area contributed by atoms with Crippen LogP contribution in [0.15, 0.2) is 91.1 Å². The molecule has 0 saturated heterocycles. The molecule has 0 saturated carbocycles. The van der Waals surface area contributed by atoms with Crippen LogP contribution in [0.1, 0.15) is 34.0 Å². The number of urea groups is 1. The largest absolute Gasteiger partial charge is 0.322 e. The fourth-order valence-electron chi connectivity index (χ4n) is 4.46. The number of anilines is 1. The summed E-state index contributed by atoms with van der Waals surface area (Å²) in [7, 11) is 0. The van der Waals surface area contributed by atoms with E-state index in [1.807, 2.05) is 54.3 Å². The van der Waals surface area contributed by atoms with Gasteiger partial charge in [0.05, 0.1) is 12.2 Å². The highest BCUT2D eigenvalue weighted by Gasteiger charge is 2.33. The van der Waals surface area contributed by atoms with Crippen molar-refractivity contribution in [3.63, 3.8) is 0 Å².